The minimum absolute atomic E-state index is 0.00745. The van der Waals surface area contributed by atoms with Crippen LogP contribution < -0.4 is 5.32 Å². The van der Waals surface area contributed by atoms with Crippen molar-refractivity contribution in [2.24, 2.45) is 5.92 Å². The Hall–Kier alpha value is -1.10. The number of amides is 1. The molecule has 0 bridgehead atoms. The zero-order valence-corrected chi connectivity index (χ0v) is 10.3. The molecule has 16 heavy (non-hydrogen) atoms. The summed E-state index contributed by atoms with van der Waals surface area (Å²) in [7, 11) is 0. The summed E-state index contributed by atoms with van der Waals surface area (Å²) in [6.07, 6.45) is 0.00745. The minimum Gasteiger partial charge on any atom is -0.481 e. The summed E-state index contributed by atoms with van der Waals surface area (Å²) in [5.74, 6) is -0.955. The quantitative estimate of drug-likeness (QED) is 0.639. The SMILES string of the molecule is CCNCC(C)C(=O)N(CC)CCC(=O)O. The Kier molecular flexibility index (Phi) is 7.54. The molecule has 0 aromatic carbocycles. The van der Waals surface area contributed by atoms with Crippen LogP contribution >= 0.6 is 0 Å². The lowest BCUT2D eigenvalue weighted by molar-refractivity contribution is -0.139. The normalized spacial score (nSPS) is 12.2. The maximum absolute atomic E-state index is 11.9. The summed E-state index contributed by atoms with van der Waals surface area (Å²) in [5.41, 5.74) is 0. The van der Waals surface area contributed by atoms with E-state index in [0.717, 1.165) is 6.54 Å². The van der Waals surface area contributed by atoms with E-state index in [4.69, 9.17) is 5.11 Å². The van der Waals surface area contributed by atoms with E-state index < -0.39 is 5.97 Å². The Bertz CT molecular complexity index is 231. The molecule has 0 rings (SSSR count). The van der Waals surface area contributed by atoms with Gasteiger partial charge in [-0.1, -0.05) is 13.8 Å². The molecular formula is C11H22N2O3. The minimum atomic E-state index is -0.870. The van der Waals surface area contributed by atoms with Gasteiger partial charge in [-0.15, -0.1) is 0 Å². The van der Waals surface area contributed by atoms with Gasteiger partial charge in [-0.05, 0) is 13.5 Å². The lowest BCUT2D eigenvalue weighted by atomic mass is 10.1. The highest BCUT2D eigenvalue weighted by atomic mass is 16.4. The van der Waals surface area contributed by atoms with E-state index in [9.17, 15) is 9.59 Å². The fourth-order valence-corrected chi connectivity index (χ4v) is 1.41. The molecule has 0 aromatic heterocycles. The van der Waals surface area contributed by atoms with Crippen LogP contribution in [0, 0.1) is 5.92 Å². The highest BCUT2D eigenvalue weighted by molar-refractivity contribution is 5.79. The van der Waals surface area contributed by atoms with Gasteiger partial charge in [0.2, 0.25) is 5.91 Å². The van der Waals surface area contributed by atoms with Gasteiger partial charge in [-0.3, -0.25) is 9.59 Å². The monoisotopic (exact) mass is 230 g/mol. The molecule has 0 aromatic rings. The van der Waals surface area contributed by atoms with Gasteiger partial charge >= 0.3 is 5.97 Å². The van der Waals surface area contributed by atoms with E-state index in [1.54, 1.807) is 4.90 Å². The zero-order chi connectivity index (χ0) is 12.6. The van der Waals surface area contributed by atoms with Gasteiger partial charge in [0, 0.05) is 25.6 Å². The van der Waals surface area contributed by atoms with Gasteiger partial charge in [0.15, 0.2) is 0 Å². The van der Waals surface area contributed by atoms with Gasteiger partial charge in [-0.25, -0.2) is 0 Å². The Labute approximate surface area is 96.8 Å². The van der Waals surface area contributed by atoms with Crippen LogP contribution in [-0.4, -0.2) is 48.1 Å². The molecule has 0 fully saturated rings. The average Bonchev–Trinajstić information content (AvgIpc) is 2.25. The molecule has 0 radical (unpaired) electrons. The maximum atomic E-state index is 11.9. The molecule has 1 atom stereocenters. The van der Waals surface area contributed by atoms with Crippen LogP contribution in [0.2, 0.25) is 0 Å². The van der Waals surface area contributed by atoms with Crippen LogP contribution in [0.3, 0.4) is 0 Å². The van der Waals surface area contributed by atoms with Crippen LogP contribution in [0.5, 0.6) is 0 Å². The number of carboxylic acid groups (broad SMARTS) is 1. The lowest BCUT2D eigenvalue weighted by Crippen LogP contribution is -2.40. The summed E-state index contributed by atoms with van der Waals surface area (Å²) in [4.78, 5) is 23.9. The fourth-order valence-electron chi connectivity index (χ4n) is 1.41. The molecule has 2 N–H and O–H groups in total. The topological polar surface area (TPSA) is 69.6 Å². The molecule has 94 valence electrons. The van der Waals surface area contributed by atoms with E-state index in [1.165, 1.54) is 0 Å². The van der Waals surface area contributed by atoms with E-state index in [1.807, 2.05) is 20.8 Å². The largest absolute Gasteiger partial charge is 0.481 e. The summed E-state index contributed by atoms with van der Waals surface area (Å²) in [6.45, 7) is 8.02. The highest BCUT2D eigenvalue weighted by Crippen LogP contribution is 2.02. The molecule has 0 aliphatic heterocycles. The number of rotatable bonds is 8. The van der Waals surface area contributed by atoms with Crippen molar-refractivity contribution in [3.63, 3.8) is 0 Å². The maximum Gasteiger partial charge on any atom is 0.305 e. The van der Waals surface area contributed by atoms with E-state index >= 15 is 0 Å². The third kappa shape index (κ3) is 5.70. The Morgan fingerprint density at radius 1 is 1.38 bits per heavy atom. The molecule has 0 saturated heterocycles. The molecule has 1 amide bonds. The van der Waals surface area contributed by atoms with Gasteiger partial charge < -0.3 is 15.3 Å². The van der Waals surface area contributed by atoms with Crippen molar-refractivity contribution in [2.75, 3.05) is 26.2 Å². The molecule has 0 saturated carbocycles. The Balaban J connectivity index is 4.12. The average molecular weight is 230 g/mol. The Morgan fingerprint density at radius 3 is 2.44 bits per heavy atom. The summed E-state index contributed by atoms with van der Waals surface area (Å²) < 4.78 is 0. The smallest absolute Gasteiger partial charge is 0.305 e. The molecule has 5 heteroatoms. The van der Waals surface area contributed by atoms with Crippen molar-refractivity contribution in [3.05, 3.63) is 0 Å². The number of hydrogen-bond donors (Lipinski definition) is 2. The summed E-state index contributed by atoms with van der Waals surface area (Å²) in [6, 6.07) is 0. The number of hydrogen-bond acceptors (Lipinski definition) is 3. The summed E-state index contributed by atoms with van der Waals surface area (Å²) >= 11 is 0. The zero-order valence-electron chi connectivity index (χ0n) is 10.3. The first-order valence-electron chi connectivity index (χ1n) is 5.74. The summed E-state index contributed by atoms with van der Waals surface area (Å²) in [5, 5.41) is 11.7. The van der Waals surface area contributed by atoms with Gasteiger partial charge in [-0.2, -0.15) is 0 Å². The first kappa shape index (κ1) is 14.9. The fraction of sp³-hybridized carbons (Fsp3) is 0.818. The first-order valence-corrected chi connectivity index (χ1v) is 5.74. The predicted octanol–water partition coefficient (Wildman–Crippen LogP) is 0.555. The van der Waals surface area contributed by atoms with Crippen molar-refractivity contribution >= 4 is 11.9 Å². The second-order valence-electron chi connectivity index (χ2n) is 3.77. The second-order valence-corrected chi connectivity index (χ2v) is 3.77. The number of carbonyl (C=O) groups excluding carboxylic acids is 1. The number of aliphatic carboxylic acids is 1. The van der Waals surface area contributed by atoms with Crippen molar-refractivity contribution in [3.8, 4) is 0 Å². The third-order valence-electron chi connectivity index (χ3n) is 2.41. The number of nitrogens with one attached hydrogen (secondary N) is 1. The van der Waals surface area contributed by atoms with E-state index in [2.05, 4.69) is 5.32 Å². The van der Waals surface area contributed by atoms with E-state index in [0.29, 0.717) is 19.6 Å². The standard InChI is InChI=1S/C11H22N2O3/c1-4-12-8-9(3)11(16)13(5-2)7-6-10(14)15/h9,12H,4-8H2,1-3H3,(H,14,15). The van der Waals surface area contributed by atoms with Gasteiger partial charge in [0.1, 0.15) is 0 Å². The van der Waals surface area contributed by atoms with Crippen LogP contribution in [0.15, 0.2) is 0 Å². The lowest BCUT2D eigenvalue weighted by Gasteiger charge is -2.23. The number of carboxylic acids is 1. The third-order valence-corrected chi connectivity index (χ3v) is 2.41. The molecule has 5 nitrogen and oxygen atoms in total. The Morgan fingerprint density at radius 2 is 2.00 bits per heavy atom. The van der Waals surface area contributed by atoms with Crippen molar-refractivity contribution in [2.45, 2.75) is 27.2 Å². The van der Waals surface area contributed by atoms with Crippen molar-refractivity contribution in [1.82, 2.24) is 10.2 Å². The van der Waals surface area contributed by atoms with Gasteiger partial charge in [0.25, 0.3) is 0 Å². The van der Waals surface area contributed by atoms with Gasteiger partial charge in [0.05, 0.1) is 6.42 Å². The van der Waals surface area contributed by atoms with Crippen LogP contribution in [-0.2, 0) is 9.59 Å². The van der Waals surface area contributed by atoms with Crippen LogP contribution in [0.4, 0.5) is 0 Å². The number of nitrogens with zero attached hydrogens (tertiary/aromatic N) is 1. The number of carbonyl (C=O) groups is 2. The van der Waals surface area contributed by atoms with Crippen molar-refractivity contribution in [1.29, 1.82) is 0 Å². The molecular weight excluding hydrogens is 208 g/mol. The molecule has 0 heterocycles. The molecule has 0 spiro atoms. The molecule has 0 aliphatic rings. The van der Waals surface area contributed by atoms with Crippen LogP contribution in [0.25, 0.3) is 0 Å². The molecule has 0 aliphatic carbocycles. The predicted molar refractivity (Wildman–Crippen MR) is 62.2 cm³/mol. The van der Waals surface area contributed by atoms with Crippen molar-refractivity contribution < 1.29 is 14.7 Å². The first-order chi connectivity index (χ1) is 7.52. The second kappa shape index (κ2) is 8.10. The molecule has 1 unspecified atom stereocenters. The van der Waals surface area contributed by atoms with Crippen LogP contribution in [0.1, 0.15) is 27.2 Å². The van der Waals surface area contributed by atoms with E-state index in [-0.39, 0.29) is 18.2 Å². The highest BCUT2D eigenvalue weighted by Gasteiger charge is 2.19.